The van der Waals surface area contributed by atoms with E-state index < -0.39 is 21.3 Å². The fraction of sp³-hybridized carbons (Fsp3) is 0.528. The van der Waals surface area contributed by atoms with Gasteiger partial charge in [-0.05, 0) is 0 Å². The number of benzene rings is 2. The summed E-state index contributed by atoms with van der Waals surface area (Å²) >= 11 is -2.22. The van der Waals surface area contributed by atoms with Gasteiger partial charge in [0.05, 0.1) is 0 Å². The van der Waals surface area contributed by atoms with E-state index in [2.05, 4.69) is 105 Å². The Morgan fingerprint density at radius 2 is 1.28 bits per heavy atom. The Morgan fingerprint density at radius 3 is 1.85 bits per heavy atom. The summed E-state index contributed by atoms with van der Waals surface area (Å²) in [4.78, 5) is 0. The molecule has 0 saturated heterocycles. The first-order valence-electron chi connectivity index (χ1n) is 14.7. The van der Waals surface area contributed by atoms with Gasteiger partial charge < -0.3 is 24.8 Å². The average Bonchev–Trinajstić information content (AvgIpc) is 3.44. The molecule has 2 aromatic carbocycles. The number of allylic oxidation sites excluding steroid dienone is 4. The van der Waals surface area contributed by atoms with Crippen molar-refractivity contribution in [2.75, 3.05) is 0 Å². The van der Waals surface area contributed by atoms with Crippen LogP contribution < -0.4 is 28.1 Å². The van der Waals surface area contributed by atoms with Crippen LogP contribution >= 0.6 is 0 Å². The maximum absolute atomic E-state index is 2.71. The van der Waals surface area contributed by atoms with E-state index in [-0.39, 0.29) is 41.1 Å². The molecule has 5 rings (SSSR count). The van der Waals surface area contributed by atoms with Crippen LogP contribution in [0.4, 0.5) is 0 Å². The number of fused-ring (bicyclic) bond motifs is 3. The first-order chi connectivity index (χ1) is 17.2. The van der Waals surface area contributed by atoms with E-state index >= 15 is 0 Å². The first-order valence-corrected chi connectivity index (χ1v) is 18.4. The van der Waals surface area contributed by atoms with Gasteiger partial charge in [0.25, 0.3) is 0 Å². The maximum Gasteiger partial charge on any atom is -1.00 e. The van der Waals surface area contributed by atoms with Crippen LogP contribution in [0.1, 0.15) is 123 Å². The molecule has 3 aliphatic carbocycles. The van der Waals surface area contributed by atoms with Crippen molar-refractivity contribution in [3.05, 3.63) is 73.6 Å². The summed E-state index contributed by atoms with van der Waals surface area (Å²) in [6.07, 6.45) is 14.6. The van der Waals surface area contributed by atoms with Crippen LogP contribution in [0, 0.1) is 5.41 Å². The molecule has 0 spiro atoms. The quantitative estimate of drug-likeness (QED) is 0.402. The van der Waals surface area contributed by atoms with Crippen LogP contribution in [0.2, 0.25) is 0 Å². The van der Waals surface area contributed by atoms with Gasteiger partial charge in [0.1, 0.15) is 0 Å². The molecular formula is C36H48Cl2Zr. The fourth-order valence-corrected chi connectivity index (χ4v) is 15.0. The Bertz CT molecular complexity index is 1330. The summed E-state index contributed by atoms with van der Waals surface area (Å²) < 4.78 is 5.64. The van der Waals surface area contributed by atoms with Crippen LogP contribution in [0.3, 0.4) is 0 Å². The van der Waals surface area contributed by atoms with Crippen LogP contribution in [0.25, 0.3) is 11.1 Å². The second-order valence-corrected chi connectivity index (χ2v) is 21.4. The minimum absolute atomic E-state index is 0. The molecule has 0 heterocycles. The standard InChI is InChI=1S/C21H25.C9H13.C6H10.2ClH.Zr/c1-20(2,3)16-9-7-14-11-15-8-10-17(21(4,5)6)13-19(15)18(14)12-16;1-9(2,3)8-6-4-5-7-8;1-2-4-6-5-3-1;;;/h7,9-10,12-13H,11H2,1-6H3;6-7H,4H2,1-3H3;1-5H2;2*1H;/q;;;;;+2/p-2. The Labute approximate surface area is 259 Å². The molecule has 0 aromatic heterocycles. The molecule has 1 saturated carbocycles. The van der Waals surface area contributed by atoms with Crippen LogP contribution in [-0.2, 0) is 38.5 Å². The molecule has 210 valence electrons. The number of rotatable bonds is 2. The van der Waals surface area contributed by atoms with Gasteiger partial charge in [-0.2, -0.15) is 0 Å². The van der Waals surface area contributed by atoms with Gasteiger partial charge in [-0.1, -0.05) is 0 Å². The topological polar surface area (TPSA) is 0 Å². The van der Waals surface area contributed by atoms with Gasteiger partial charge >= 0.3 is 236 Å². The maximum atomic E-state index is 2.71. The molecule has 0 N–H and O–H groups in total. The Hall–Kier alpha value is -0.747. The minimum atomic E-state index is -2.22. The summed E-state index contributed by atoms with van der Waals surface area (Å²) in [5.74, 6) is 0. The van der Waals surface area contributed by atoms with E-state index in [1.54, 1.807) is 22.3 Å². The SMILES string of the molecule is CC(C)(C)C1=CC[C]([Zr+2](=[C]2CCCCC2)[c]2cc(C(C)(C)C)cc3c2Cc2ccc(C(C)(C)C)cc2-3)=C1.[Cl-].[Cl-]. The molecule has 3 heteroatoms. The van der Waals surface area contributed by atoms with E-state index in [4.69, 9.17) is 0 Å². The third-order valence-corrected chi connectivity index (χ3v) is 16.7. The second-order valence-electron chi connectivity index (χ2n) is 14.9. The Balaban J connectivity index is 0.00000210. The van der Waals surface area contributed by atoms with Gasteiger partial charge in [0, 0.05) is 0 Å². The smallest absolute Gasteiger partial charge is 1.00 e. The number of hydrogen-bond acceptors (Lipinski definition) is 0. The van der Waals surface area contributed by atoms with Crippen LogP contribution in [-0.4, -0.2) is 3.21 Å². The third-order valence-electron chi connectivity index (χ3n) is 8.89. The first kappa shape index (κ1) is 32.8. The van der Waals surface area contributed by atoms with E-state index in [1.807, 2.05) is 9.76 Å². The van der Waals surface area contributed by atoms with Crippen molar-refractivity contribution in [1.82, 2.24) is 0 Å². The zero-order valence-corrected chi connectivity index (χ0v) is 29.7. The summed E-state index contributed by atoms with van der Waals surface area (Å²) in [7, 11) is 0. The molecule has 0 radical (unpaired) electrons. The average molecular weight is 643 g/mol. The van der Waals surface area contributed by atoms with Crippen molar-refractivity contribution in [1.29, 1.82) is 0 Å². The molecule has 0 bridgehead atoms. The molecule has 3 aliphatic rings. The summed E-state index contributed by atoms with van der Waals surface area (Å²) in [6, 6.07) is 12.7. The van der Waals surface area contributed by atoms with Crippen molar-refractivity contribution < 1.29 is 46.1 Å². The van der Waals surface area contributed by atoms with E-state index in [9.17, 15) is 0 Å². The van der Waals surface area contributed by atoms with Crippen molar-refractivity contribution in [2.45, 2.75) is 118 Å². The Kier molecular flexibility index (Phi) is 9.96. The zero-order valence-electron chi connectivity index (χ0n) is 25.7. The van der Waals surface area contributed by atoms with Gasteiger partial charge in [0.15, 0.2) is 0 Å². The molecule has 0 amide bonds. The van der Waals surface area contributed by atoms with Gasteiger partial charge in [-0.3, -0.25) is 0 Å². The summed E-state index contributed by atoms with van der Waals surface area (Å²) in [5, 5.41) is 0. The predicted molar refractivity (Wildman–Crippen MR) is 160 cm³/mol. The van der Waals surface area contributed by atoms with E-state index in [0.29, 0.717) is 0 Å². The fourth-order valence-electron chi connectivity index (χ4n) is 6.44. The molecular weight excluding hydrogens is 595 g/mol. The molecule has 39 heavy (non-hydrogen) atoms. The van der Waals surface area contributed by atoms with Gasteiger partial charge in [0.2, 0.25) is 0 Å². The van der Waals surface area contributed by atoms with Crippen molar-refractivity contribution in [2.24, 2.45) is 5.41 Å². The van der Waals surface area contributed by atoms with E-state index in [0.717, 1.165) is 6.42 Å². The summed E-state index contributed by atoms with van der Waals surface area (Å²) in [6.45, 7) is 21.4. The van der Waals surface area contributed by atoms with Crippen LogP contribution in [0.5, 0.6) is 0 Å². The Morgan fingerprint density at radius 1 is 0.667 bits per heavy atom. The van der Waals surface area contributed by atoms with Gasteiger partial charge in [-0.15, -0.1) is 0 Å². The van der Waals surface area contributed by atoms with Crippen molar-refractivity contribution in [3.8, 4) is 11.1 Å². The molecule has 0 nitrogen and oxygen atoms in total. The normalized spacial score (nSPS) is 16.8. The monoisotopic (exact) mass is 640 g/mol. The van der Waals surface area contributed by atoms with Crippen molar-refractivity contribution in [3.63, 3.8) is 0 Å². The molecule has 0 atom stereocenters. The van der Waals surface area contributed by atoms with Gasteiger partial charge in [-0.25, -0.2) is 0 Å². The predicted octanol–water partition coefficient (Wildman–Crippen LogP) is 3.50. The van der Waals surface area contributed by atoms with E-state index in [1.165, 1.54) is 55.2 Å². The van der Waals surface area contributed by atoms with Crippen molar-refractivity contribution >= 4 is 6.48 Å². The largest absolute Gasteiger partial charge is 1.00 e. The molecule has 2 aromatic rings. The third kappa shape index (κ3) is 6.68. The zero-order chi connectivity index (χ0) is 26.8. The number of halogens is 2. The summed E-state index contributed by atoms with van der Waals surface area (Å²) in [5.41, 5.74) is 11.4. The second kappa shape index (κ2) is 11.9. The molecule has 1 fully saturated rings. The minimum Gasteiger partial charge on any atom is -1.00 e. The number of hydrogen-bond donors (Lipinski definition) is 0. The molecule has 0 unspecified atom stereocenters. The molecule has 0 aliphatic heterocycles. The van der Waals surface area contributed by atoms with Crippen LogP contribution in [0.15, 0.2) is 51.3 Å².